The van der Waals surface area contributed by atoms with E-state index in [9.17, 15) is 18.7 Å². The first-order valence-electron chi connectivity index (χ1n) is 5.25. The van der Waals surface area contributed by atoms with Gasteiger partial charge in [-0.2, -0.15) is 0 Å². The summed E-state index contributed by atoms with van der Waals surface area (Å²) in [6.45, 7) is 6.79. The average Bonchev–Trinajstić information content (AvgIpc) is 2.28. The lowest BCUT2D eigenvalue weighted by atomic mass is 9.99. The van der Waals surface area contributed by atoms with Crippen molar-refractivity contribution in [1.82, 2.24) is 0 Å². The highest BCUT2D eigenvalue weighted by Crippen LogP contribution is 2.30. The van der Waals surface area contributed by atoms with E-state index in [4.69, 9.17) is 0 Å². The van der Waals surface area contributed by atoms with Crippen molar-refractivity contribution in [2.75, 3.05) is 0 Å². The first-order chi connectivity index (χ1) is 7.88. The Morgan fingerprint density at radius 3 is 2.53 bits per heavy atom. The van der Waals surface area contributed by atoms with Crippen LogP contribution in [0.15, 0.2) is 18.2 Å². The SMILES string of the molecule is C=C(C)Cc1c(O)c(C(=O)CC)cc(F)c1F. The van der Waals surface area contributed by atoms with Crippen LogP contribution in [0.4, 0.5) is 8.78 Å². The predicted molar refractivity (Wildman–Crippen MR) is 61.2 cm³/mol. The molecule has 0 spiro atoms. The molecule has 4 heteroatoms. The molecular weight excluding hydrogens is 226 g/mol. The van der Waals surface area contributed by atoms with Gasteiger partial charge in [0.05, 0.1) is 5.56 Å². The third kappa shape index (κ3) is 2.70. The van der Waals surface area contributed by atoms with Crippen LogP contribution in [-0.2, 0) is 6.42 Å². The van der Waals surface area contributed by atoms with Gasteiger partial charge in [0.25, 0.3) is 0 Å². The first kappa shape index (κ1) is 13.4. The zero-order valence-electron chi connectivity index (χ0n) is 9.81. The number of halogens is 2. The van der Waals surface area contributed by atoms with Crippen LogP contribution in [0.5, 0.6) is 5.75 Å². The maximum atomic E-state index is 13.5. The largest absolute Gasteiger partial charge is 0.507 e. The van der Waals surface area contributed by atoms with Gasteiger partial charge in [-0.15, -0.1) is 0 Å². The lowest BCUT2D eigenvalue weighted by Gasteiger charge is -2.10. The van der Waals surface area contributed by atoms with Crippen molar-refractivity contribution in [3.05, 3.63) is 41.0 Å². The van der Waals surface area contributed by atoms with Crippen LogP contribution in [0.25, 0.3) is 0 Å². The number of ketones is 1. The minimum Gasteiger partial charge on any atom is -0.507 e. The number of aromatic hydroxyl groups is 1. The van der Waals surface area contributed by atoms with Gasteiger partial charge in [0.2, 0.25) is 0 Å². The molecule has 0 aliphatic carbocycles. The van der Waals surface area contributed by atoms with Crippen molar-refractivity contribution < 1.29 is 18.7 Å². The minimum absolute atomic E-state index is 0.000574. The molecule has 92 valence electrons. The molecule has 1 N–H and O–H groups in total. The van der Waals surface area contributed by atoms with Crippen molar-refractivity contribution in [3.8, 4) is 5.75 Å². The number of phenols is 1. The Labute approximate surface area is 98.6 Å². The summed E-state index contributed by atoms with van der Waals surface area (Å²) in [5.41, 5.74) is 0.177. The van der Waals surface area contributed by atoms with Gasteiger partial charge in [-0.3, -0.25) is 4.79 Å². The molecule has 0 heterocycles. The van der Waals surface area contributed by atoms with Crippen molar-refractivity contribution in [2.24, 2.45) is 0 Å². The summed E-state index contributed by atoms with van der Waals surface area (Å²) < 4.78 is 26.8. The van der Waals surface area contributed by atoms with E-state index in [0.717, 1.165) is 6.07 Å². The quantitative estimate of drug-likeness (QED) is 0.647. The third-order valence-corrected chi connectivity index (χ3v) is 2.39. The molecule has 0 saturated carbocycles. The zero-order chi connectivity index (χ0) is 13.2. The summed E-state index contributed by atoms with van der Waals surface area (Å²) in [6.07, 6.45) is 0.116. The molecule has 2 nitrogen and oxygen atoms in total. The Hall–Kier alpha value is -1.71. The Morgan fingerprint density at radius 2 is 2.06 bits per heavy atom. The number of rotatable bonds is 4. The minimum atomic E-state index is -1.13. The number of allylic oxidation sites excluding steroid dienone is 1. The van der Waals surface area contributed by atoms with Crippen LogP contribution >= 0.6 is 0 Å². The molecule has 0 unspecified atom stereocenters. The van der Waals surface area contributed by atoms with Crippen LogP contribution in [0.3, 0.4) is 0 Å². The van der Waals surface area contributed by atoms with Crippen LogP contribution in [-0.4, -0.2) is 10.9 Å². The summed E-state index contributed by atoms with van der Waals surface area (Å²) in [5, 5.41) is 9.78. The molecule has 0 saturated heterocycles. The molecule has 0 aromatic heterocycles. The van der Waals surface area contributed by atoms with Crippen LogP contribution in [0.1, 0.15) is 36.2 Å². The lowest BCUT2D eigenvalue weighted by molar-refractivity contribution is 0.0984. The van der Waals surface area contributed by atoms with Crippen LogP contribution in [0.2, 0.25) is 0 Å². The molecule has 0 atom stereocenters. The number of hydrogen-bond acceptors (Lipinski definition) is 2. The van der Waals surface area contributed by atoms with Gasteiger partial charge in [-0.05, 0) is 19.4 Å². The summed E-state index contributed by atoms with van der Waals surface area (Å²) in [5.74, 6) is -3.17. The van der Waals surface area contributed by atoms with Gasteiger partial charge in [-0.1, -0.05) is 19.1 Å². The van der Waals surface area contributed by atoms with Gasteiger partial charge in [0.1, 0.15) is 5.75 Å². The molecule has 1 rings (SSSR count). The molecule has 1 aromatic rings. The normalized spacial score (nSPS) is 10.4. The zero-order valence-corrected chi connectivity index (χ0v) is 9.81. The molecule has 1 aromatic carbocycles. The van der Waals surface area contributed by atoms with E-state index in [2.05, 4.69) is 6.58 Å². The number of phenolic OH excluding ortho intramolecular Hbond substituents is 1. The second-order valence-corrected chi connectivity index (χ2v) is 3.96. The lowest BCUT2D eigenvalue weighted by Crippen LogP contribution is -2.04. The van der Waals surface area contributed by atoms with Gasteiger partial charge < -0.3 is 5.11 Å². The topological polar surface area (TPSA) is 37.3 Å². The molecule has 0 aliphatic rings. The fourth-order valence-corrected chi connectivity index (χ4v) is 1.54. The summed E-state index contributed by atoms with van der Waals surface area (Å²) in [6, 6.07) is 0.735. The van der Waals surface area contributed by atoms with Crippen LogP contribution in [0, 0.1) is 11.6 Å². The average molecular weight is 240 g/mol. The highest BCUT2D eigenvalue weighted by atomic mass is 19.2. The Morgan fingerprint density at radius 1 is 1.47 bits per heavy atom. The third-order valence-electron chi connectivity index (χ3n) is 2.39. The molecule has 0 bridgehead atoms. The standard InChI is InChI=1S/C13H14F2O2/c1-4-11(16)8-6-10(14)12(15)9(13(8)17)5-7(2)3/h6,17H,2,4-5H2,1,3H3. The van der Waals surface area contributed by atoms with Crippen LogP contribution < -0.4 is 0 Å². The van der Waals surface area contributed by atoms with E-state index in [1.54, 1.807) is 13.8 Å². The highest BCUT2D eigenvalue weighted by Gasteiger charge is 2.21. The van der Waals surface area contributed by atoms with E-state index in [-0.39, 0.29) is 24.0 Å². The molecule has 0 amide bonds. The monoisotopic (exact) mass is 240 g/mol. The summed E-state index contributed by atoms with van der Waals surface area (Å²) in [4.78, 5) is 11.5. The van der Waals surface area contributed by atoms with Crippen molar-refractivity contribution in [2.45, 2.75) is 26.7 Å². The van der Waals surface area contributed by atoms with Gasteiger partial charge in [-0.25, -0.2) is 8.78 Å². The molecule has 0 radical (unpaired) electrons. The smallest absolute Gasteiger partial charge is 0.166 e. The number of carbonyl (C=O) groups excluding carboxylic acids is 1. The molecular formula is C13H14F2O2. The number of hydrogen-bond donors (Lipinski definition) is 1. The predicted octanol–water partition coefficient (Wildman–Crippen LogP) is 3.38. The Balaban J connectivity index is 3.42. The maximum Gasteiger partial charge on any atom is 0.166 e. The number of benzene rings is 1. The first-order valence-corrected chi connectivity index (χ1v) is 5.25. The van der Waals surface area contributed by atoms with Gasteiger partial charge >= 0.3 is 0 Å². The van der Waals surface area contributed by atoms with E-state index < -0.39 is 23.2 Å². The van der Waals surface area contributed by atoms with E-state index in [1.165, 1.54) is 0 Å². The second kappa shape index (κ2) is 5.08. The number of carbonyl (C=O) groups is 1. The number of Topliss-reactive ketones (excluding diaryl/α,β-unsaturated/α-hetero) is 1. The maximum absolute atomic E-state index is 13.5. The van der Waals surface area contributed by atoms with Crippen molar-refractivity contribution in [1.29, 1.82) is 0 Å². The molecule has 17 heavy (non-hydrogen) atoms. The molecule has 0 fully saturated rings. The summed E-state index contributed by atoms with van der Waals surface area (Å²) in [7, 11) is 0. The van der Waals surface area contributed by atoms with Crippen molar-refractivity contribution in [3.63, 3.8) is 0 Å². The molecule has 0 aliphatic heterocycles. The summed E-state index contributed by atoms with van der Waals surface area (Å²) >= 11 is 0. The van der Waals surface area contributed by atoms with Crippen molar-refractivity contribution >= 4 is 5.78 Å². The highest BCUT2D eigenvalue weighted by molar-refractivity contribution is 5.98. The van der Waals surface area contributed by atoms with E-state index in [1.807, 2.05) is 0 Å². The van der Waals surface area contributed by atoms with E-state index in [0.29, 0.717) is 5.57 Å². The Kier molecular flexibility index (Phi) is 3.99. The fourth-order valence-electron chi connectivity index (χ4n) is 1.54. The Bertz CT molecular complexity index is 479. The second-order valence-electron chi connectivity index (χ2n) is 3.96. The van der Waals surface area contributed by atoms with E-state index >= 15 is 0 Å². The van der Waals surface area contributed by atoms with Gasteiger partial charge in [0.15, 0.2) is 17.4 Å². The fraction of sp³-hybridized carbons (Fsp3) is 0.308. The van der Waals surface area contributed by atoms with Gasteiger partial charge in [0, 0.05) is 12.0 Å².